The van der Waals surface area contributed by atoms with Gasteiger partial charge in [-0.2, -0.15) is 0 Å². The van der Waals surface area contributed by atoms with Crippen molar-refractivity contribution in [1.29, 1.82) is 0 Å². The zero-order valence-corrected chi connectivity index (χ0v) is 15.0. The summed E-state index contributed by atoms with van der Waals surface area (Å²) in [5.74, 6) is -4.87. The van der Waals surface area contributed by atoms with Gasteiger partial charge >= 0.3 is 11.9 Å². The number of aromatic nitrogens is 2. The number of aliphatic hydroxyl groups is 2. The molecule has 0 radical (unpaired) electrons. The highest BCUT2D eigenvalue weighted by molar-refractivity contribution is 6.02. The molecule has 0 fully saturated rings. The van der Waals surface area contributed by atoms with Gasteiger partial charge in [0.2, 0.25) is 0 Å². The number of methoxy groups -OCH3 is 2. The molecule has 0 aliphatic carbocycles. The maximum absolute atomic E-state index is 12.2. The Labute approximate surface area is 158 Å². The van der Waals surface area contributed by atoms with Crippen molar-refractivity contribution < 1.29 is 38.9 Å². The van der Waals surface area contributed by atoms with Gasteiger partial charge in [0.05, 0.1) is 27.4 Å². The lowest BCUT2D eigenvalue weighted by atomic mass is 10.2. The number of carbonyl (C=O) groups excluding carboxylic acids is 4. The van der Waals surface area contributed by atoms with Crippen molar-refractivity contribution in [2.24, 2.45) is 0 Å². The monoisotopic (exact) mass is 400 g/mol. The van der Waals surface area contributed by atoms with Crippen LogP contribution < -0.4 is 22.1 Å². The Morgan fingerprint density at radius 1 is 0.857 bits per heavy atom. The van der Waals surface area contributed by atoms with E-state index in [0.29, 0.717) is 0 Å². The van der Waals surface area contributed by atoms with Crippen molar-refractivity contribution in [3.05, 3.63) is 11.4 Å². The molecule has 14 heteroatoms. The molecule has 0 aliphatic rings. The average Bonchev–Trinajstić information content (AvgIpc) is 2.69. The summed E-state index contributed by atoms with van der Waals surface area (Å²) in [6, 6.07) is -2.76. The Kier molecular flexibility index (Phi) is 8.03. The number of aliphatic hydroxyl groups excluding tert-OH is 2. The van der Waals surface area contributed by atoms with Crippen LogP contribution in [0, 0.1) is 0 Å². The normalized spacial score (nSPS) is 12.4. The first-order chi connectivity index (χ1) is 13.2. The zero-order valence-electron chi connectivity index (χ0n) is 15.0. The van der Waals surface area contributed by atoms with Gasteiger partial charge in [-0.1, -0.05) is 0 Å². The zero-order chi connectivity index (χ0) is 21.4. The maximum Gasteiger partial charge on any atom is 0.330 e. The number of nitrogen functional groups attached to an aromatic ring is 2. The summed E-state index contributed by atoms with van der Waals surface area (Å²) in [5, 5.41) is 22.5. The fourth-order valence-corrected chi connectivity index (χ4v) is 1.89. The third-order valence-electron chi connectivity index (χ3n) is 3.33. The van der Waals surface area contributed by atoms with Crippen LogP contribution >= 0.6 is 0 Å². The molecule has 1 aromatic rings. The van der Waals surface area contributed by atoms with E-state index in [2.05, 4.69) is 30.1 Å². The summed E-state index contributed by atoms with van der Waals surface area (Å²) in [6.45, 7) is -1.50. The van der Waals surface area contributed by atoms with Gasteiger partial charge in [-0.25, -0.2) is 19.6 Å². The molecule has 0 saturated heterocycles. The minimum Gasteiger partial charge on any atom is -0.467 e. The number of anilines is 2. The highest BCUT2D eigenvalue weighted by Gasteiger charge is 2.27. The van der Waals surface area contributed by atoms with Crippen molar-refractivity contribution in [3.63, 3.8) is 0 Å². The van der Waals surface area contributed by atoms with Gasteiger partial charge < -0.3 is 41.8 Å². The molecule has 8 N–H and O–H groups in total. The molecule has 1 rings (SSSR count). The lowest BCUT2D eigenvalue weighted by Gasteiger charge is -2.16. The predicted molar refractivity (Wildman–Crippen MR) is 91.6 cm³/mol. The van der Waals surface area contributed by atoms with E-state index >= 15 is 0 Å². The molecule has 0 aromatic carbocycles. The number of hydrogen-bond donors (Lipinski definition) is 6. The summed E-state index contributed by atoms with van der Waals surface area (Å²) in [4.78, 5) is 54.5. The smallest absolute Gasteiger partial charge is 0.330 e. The highest BCUT2D eigenvalue weighted by Crippen LogP contribution is 2.13. The Morgan fingerprint density at radius 3 is 1.43 bits per heavy atom. The molecule has 2 atom stereocenters. The van der Waals surface area contributed by atoms with Crippen LogP contribution in [0.25, 0.3) is 0 Å². The van der Waals surface area contributed by atoms with Crippen LogP contribution in [0.2, 0.25) is 0 Å². The maximum atomic E-state index is 12.2. The molecule has 2 unspecified atom stereocenters. The summed E-state index contributed by atoms with van der Waals surface area (Å²) in [7, 11) is 2.12. The Bertz CT molecular complexity index is 707. The molecule has 0 saturated carbocycles. The number of rotatable bonds is 8. The lowest BCUT2D eigenvalue weighted by Crippen LogP contribution is -2.45. The molecule has 154 valence electrons. The van der Waals surface area contributed by atoms with Crippen LogP contribution in [0.5, 0.6) is 0 Å². The SMILES string of the molecule is COC(=O)C(CO)NC(=O)c1nc(N)c(C(=O)NC(CO)C(=O)OC)nc1N. The van der Waals surface area contributed by atoms with E-state index in [-0.39, 0.29) is 0 Å². The number of nitrogens with zero attached hydrogens (tertiary/aromatic N) is 2. The minimum atomic E-state index is -1.38. The first kappa shape index (κ1) is 22.5. The van der Waals surface area contributed by atoms with E-state index < -0.39 is 72.1 Å². The summed E-state index contributed by atoms with van der Waals surface area (Å²) in [6.07, 6.45) is 0. The Balaban J connectivity index is 3.06. The van der Waals surface area contributed by atoms with Gasteiger partial charge in [-0.15, -0.1) is 0 Å². The topological polar surface area (TPSA) is 229 Å². The first-order valence-corrected chi connectivity index (χ1v) is 7.62. The summed E-state index contributed by atoms with van der Waals surface area (Å²) < 4.78 is 8.81. The second-order valence-electron chi connectivity index (χ2n) is 5.15. The number of nitrogens with one attached hydrogen (secondary N) is 2. The molecule has 2 amide bonds. The van der Waals surface area contributed by atoms with Gasteiger partial charge in [0.15, 0.2) is 35.1 Å². The molecule has 1 heterocycles. The van der Waals surface area contributed by atoms with Crippen LogP contribution in [0.1, 0.15) is 21.0 Å². The molecule has 0 bridgehead atoms. The van der Waals surface area contributed by atoms with E-state index in [0.717, 1.165) is 14.2 Å². The quantitative estimate of drug-likeness (QED) is 0.230. The second kappa shape index (κ2) is 9.98. The molecule has 28 heavy (non-hydrogen) atoms. The number of nitrogens with two attached hydrogens (primary N) is 2. The number of esters is 2. The van der Waals surface area contributed by atoms with E-state index in [1.807, 2.05) is 0 Å². The van der Waals surface area contributed by atoms with E-state index in [9.17, 15) is 19.2 Å². The van der Waals surface area contributed by atoms with Crippen molar-refractivity contribution in [2.75, 3.05) is 38.9 Å². The van der Waals surface area contributed by atoms with E-state index in [1.54, 1.807) is 0 Å². The minimum absolute atomic E-state index is 0.511. The molecule has 0 spiro atoms. The summed E-state index contributed by atoms with van der Waals surface area (Å²) >= 11 is 0. The van der Waals surface area contributed by atoms with Crippen LogP contribution in [0.3, 0.4) is 0 Å². The largest absolute Gasteiger partial charge is 0.467 e. The van der Waals surface area contributed by atoms with Gasteiger partial charge in [-0.3, -0.25) is 9.59 Å². The summed E-state index contributed by atoms with van der Waals surface area (Å²) in [5.41, 5.74) is 10.2. The standard InChI is InChI=1S/C14H20N6O8/c1-27-13(25)5(3-21)17-11(23)7-9(15)20-8(10(16)19-7)12(24)18-6(4-22)14(26)28-2/h5-6,21-22H,3-4H2,1-2H3,(H2,16,19)(H2,15,20)(H,17,23)(H,18,24). The van der Waals surface area contributed by atoms with Gasteiger partial charge in [0.1, 0.15) is 0 Å². The number of ether oxygens (including phenoxy) is 2. The van der Waals surface area contributed by atoms with Crippen LogP contribution in [0.4, 0.5) is 11.6 Å². The number of hydrogen-bond acceptors (Lipinski definition) is 12. The Morgan fingerprint density at radius 2 is 1.18 bits per heavy atom. The number of carbonyl (C=O) groups is 4. The van der Waals surface area contributed by atoms with Crippen molar-refractivity contribution in [2.45, 2.75) is 12.1 Å². The fourth-order valence-electron chi connectivity index (χ4n) is 1.89. The van der Waals surface area contributed by atoms with Gasteiger partial charge in [-0.05, 0) is 0 Å². The van der Waals surface area contributed by atoms with Gasteiger partial charge in [0, 0.05) is 0 Å². The molecule has 0 aliphatic heterocycles. The predicted octanol–water partition coefficient (Wildman–Crippen LogP) is -3.83. The average molecular weight is 400 g/mol. The van der Waals surface area contributed by atoms with Crippen LogP contribution in [-0.2, 0) is 19.1 Å². The fraction of sp³-hybridized carbons (Fsp3) is 0.429. The highest BCUT2D eigenvalue weighted by atomic mass is 16.5. The lowest BCUT2D eigenvalue weighted by molar-refractivity contribution is -0.144. The van der Waals surface area contributed by atoms with E-state index in [4.69, 9.17) is 21.7 Å². The van der Waals surface area contributed by atoms with Crippen LogP contribution in [0.15, 0.2) is 0 Å². The third-order valence-corrected chi connectivity index (χ3v) is 3.33. The van der Waals surface area contributed by atoms with Crippen molar-refractivity contribution in [1.82, 2.24) is 20.6 Å². The van der Waals surface area contributed by atoms with Gasteiger partial charge in [0.25, 0.3) is 11.8 Å². The molecule has 14 nitrogen and oxygen atoms in total. The van der Waals surface area contributed by atoms with Crippen molar-refractivity contribution in [3.8, 4) is 0 Å². The Hall–Kier alpha value is -3.52. The number of amides is 2. The third kappa shape index (κ3) is 5.24. The van der Waals surface area contributed by atoms with Crippen molar-refractivity contribution >= 4 is 35.4 Å². The molecule has 1 aromatic heterocycles. The van der Waals surface area contributed by atoms with E-state index in [1.165, 1.54) is 0 Å². The van der Waals surface area contributed by atoms with Crippen LogP contribution in [-0.4, -0.2) is 83.5 Å². The second-order valence-corrected chi connectivity index (χ2v) is 5.15. The molecular formula is C14H20N6O8. The first-order valence-electron chi connectivity index (χ1n) is 7.62. The molecular weight excluding hydrogens is 380 g/mol.